The van der Waals surface area contributed by atoms with Crippen LogP contribution in [0.15, 0.2) is 36.4 Å². The van der Waals surface area contributed by atoms with Crippen molar-refractivity contribution in [1.82, 2.24) is 0 Å². The Morgan fingerprint density at radius 3 is 1.83 bits per heavy atom. The first-order valence-electron chi connectivity index (χ1n) is 11.9. The van der Waals surface area contributed by atoms with Gasteiger partial charge >= 0.3 is 185 Å². The van der Waals surface area contributed by atoms with Crippen LogP contribution in [0.3, 0.4) is 0 Å². The molecule has 0 fully saturated rings. The molecule has 0 aromatic heterocycles. The maximum absolute atomic E-state index is 11.4. The third kappa shape index (κ3) is 9.72. The van der Waals surface area contributed by atoms with Crippen LogP contribution in [0.4, 0.5) is 0 Å². The number of carbonyl (C=O) groups excluding carboxylic acids is 1. The van der Waals surface area contributed by atoms with E-state index in [1.54, 1.807) is 10.5 Å². The number of carbonyl (C=O) groups is 1. The van der Waals surface area contributed by atoms with Crippen LogP contribution in [0.5, 0.6) is 0 Å². The molecular weight excluding hydrogens is 463 g/mol. The minimum atomic E-state index is -2.29. The zero-order valence-corrected chi connectivity index (χ0v) is 22.4. The number of esters is 1. The Hall–Kier alpha value is -0.771. The number of hydrogen-bond acceptors (Lipinski definition) is 2. The van der Waals surface area contributed by atoms with Crippen molar-refractivity contribution in [3.8, 4) is 0 Å². The molecular formula is C26H44O2Sn. The van der Waals surface area contributed by atoms with E-state index in [2.05, 4.69) is 51.6 Å². The normalized spacial score (nSPS) is 11.4. The Bertz CT molecular complexity index is 569. The van der Waals surface area contributed by atoms with Gasteiger partial charge in [0.25, 0.3) is 0 Å². The summed E-state index contributed by atoms with van der Waals surface area (Å²) in [5.74, 6) is -0.274. The second-order valence-corrected chi connectivity index (χ2v) is 21.9. The zero-order chi connectivity index (χ0) is 21.5. The standard InChI is InChI=1S/C14H17O2.3C4H9.Sn/c1-12(2)14(15)16-11-7-6-10-13-8-4-3-5-9-13;3*1-3-4-2;/h4-5,8-9H,1,6-7,10-11H2,2H3;3*1,3-4H2,2H3;. The molecule has 0 heterocycles. The van der Waals surface area contributed by atoms with Gasteiger partial charge in [-0.05, 0) is 0 Å². The summed E-state index contributed by atoms with van der Waals surface area (Å²) >= 11 is -2.29. The average molecular weight is 507 g/mol. The van der Waals surface area contributed by atoms with Crippen molar-refractivity contribution in [2.45, 2.75) is 98.8 Å². The first kappa shape index (κ1) is 26.3. The monoisotopic (exact) mass is 508 g/mol. The van der Waals surface area contributed by atoms with Gasteiger partial charge in [-0.25, -0.2) is 0 Å². The van der Waals surface area contributed by atoms with Gasteiger partial charge in [0.1, 0.15) is 0 Å². The predicted octanol–water partition coefficient (Wildman–Crippen LogP) is 7.18. The molecule has 0 aliphatic carbocycles. The van der Waals surface area contributed by atoms with Crippen LogP contribution in [-0.2, 0) is 16.0 Å². The van der Waals surface area contributed by atoms with Crippen molar-refractivity contribution < 1.29 is 9.53 Å². The van der Waals surface area contributed by atoms with Gasteiger partial charge in [0.05, 0.1) is 0 Å². The van der Waals surface area contributed by atoms with Crippen molar-refractivity contribution in [3.63, 3.8) is 0 Å². The zero-order valence-electron chi connectivity index (χ0n) is 19.5. The van der Waals surface area contributed by atoms with Crippen LogP contribution in [0, 0.1) is 0 Å². The second-order valence-electron chi connectivity index (χ2n) is 8.66. The summed E-state index contributed by atoms with van der Waals surface area (Å²) < 4.78 is 11.5. The Balaban J connectivity index is 2.71. The molecule has 0 aliphatic heterocycles. The summed E-state index contributed by atoms with van der Waals surface area (Å²) in [7, 11) is 0. The summed E-state index contributed by atoms with van der Waals surface area (Å²) in [5, 5.41) is 0. The van der Waals surface area contributed by atoms with Crippen molar-refractivity contribution in [2.75, 3.05) is 6.61 Å². The Kier molecular flexibility index (Phi) is 13.7. The van der Waals surface area contributed by atoms with Crippen LogP contribution in [0.25, 0.3) is 0 Å². The van der Waals surface area contributed by atoms with Gasteiger partial charge in [0.2, 0.25) is 0 Å². The average Bonchev–Trinajstić information content (AvgIpc) is 2.73. The molecule has 0 saturated carbocycles. The molecule has 1 aromatic carbocycles. The fourth-order valence-electron chi connectivity index (χ4n) is 4.10. The van der Waals surface area contributed by atoms with E-state index in [0.29, 0.717) is 12.2 Å². The quantitative estimate of drug-likeness (QED) is 0.103. The Labute approximate surface area is 184 Å². The Morgan fingerprint density at radius 1 is 0.862 bits per heavy atom. The number of hydrogen-bond donors (Lipinski definition) is 0. The fraction of sp³-hybridized carbons (Fsp3) is 0.654. The summed E-state index contributed by atoms with van der Waals surface area (Å²) in [4.78, 5) is 11.4. The van der Waals surface area contributed by atoms with Crippen molar-refractivity contribution in [3.05, 3.63) is 42.0 Å². The number of rotatable bonds is 16. The molecule has 3 heteroatoms. The van der Waals surface area contributed by atoms with E-state index < -0.39 is 18.4 Å². The van der Waals surface area contributed by atoms with Gasteiger partial charge in [-0.2, -0.15) is 0 Å². The van der Waals surface area contributed by atoms with Gasteiger partial charge in [0.15, 0.2) is 0 Å². The number of unbranched alkanes of at least 4 members (excludes halogenated alkanes) is 4. The summed E-state index contributed by atoms with van der Waals surface area (Å²) in [6.45, 7) is 12.8. The van der Waals surface area contributed by atoms with E-state index in [1.165, 1.54) is 57.4 Å². The van der Waals surface area contributed by atoms with Crippen molar-refractivity contribution >= 4 is 27.9 Å². The Morgan fingerprint density at radius 2 is 1.38 bits per heavy atom. The van der Waals surface area contributed by atoms with E-state index in [1.807, 2.05) is 0 Å². The molecule has 0 spiro atoms. The summed E-state index contributed by atoms with van der Waals surface area (Å²) in [5.41, 5.74) is 1.89. The molecule has 0 aliphatic rings. The molecule has 0 unspecified atom stereocenters. The molecule has 0 N–H and O–H groups in total. The van der Waals surface area contributed by atoms with Crippen LogP contribution in [-0.4, -0.2) is 31.0 Å². The number of ether oxygens (including phenoxy) is 1. The molecule has 0 radical (unpaired) electrons. The predicted molar refractivity (Wildman–Crippen MR) is 130 cm³/mol. The van der Waals surface area contributed by atoms with Crippen LogP contribution < -0.4 is 3.58 Å². The third-order valence-electron chi connectivity index (χ3n) is 6.03. The SMILES string of the molecule is C=C(C)C(=O)OCCCCc1cc[c]([Sn]([CH2]CCC)([CH2]CCC)[CH2]CCC)cc1. The van der Waals surface area contributed by atoms with Gasteiger partial charge in [0, 0.05) is 0 Å². The van der Waals surface area contributed by atoms with E-state index in [0.717, 1.165) is 19.3 Å². The number of aryl methyl sites for hydroxylation is 1. The summed E-state index contributed by atoms with van der Waals surface area (Å²) in [6, 6.07) is 9.75. The molecule has 0 saturated heterocycles. The molecule has 0 amide bonds. The van der Waals surface area contributed by atoms with Gasteiger partial charge in [-0.1, -0.05) is 0 Å². The van der Waals surface area contributed by atoms with E-state index in [9.17, 15) is 4.79 Å². The maximum atomic E-state index is 11.4. The number of benzene rings is 1. The van der Waals surface area contributed by atoms with Crippen molar-refractivity contribution in [2.24, 2.45) is 0 Å². The van der Waals surface area contributed by atoms with Gasteiger partial charge in [-0.3, -0.25) is 0 Å². The third-order valence-corrected chi connectivity index (χ3v) is 21.7. The van der Waals surface area contributed by atoms with E-state index in [-0.39, 0.29) is 5.97 Å². The van der Waals surface area contributed by atoms with Gasteiger partial charge < -0.3 is 0 Å². The first-order chi connectivity index (χ1) is 14.0. The molecule has 2 nitrogen and oxygen atoms in total. The van der Waals surface area contributed by atoms with E-state index >= 15 is 0 Å². The van der Waals surface area contributed by atoms with Gasteiger partial charge in [-0.15, -0.1) is 0 Å². The van der Waals surface area contributed by atoms with Crippen LogP contribution in [0.1, 0.15) is 84.6 Å². The first-order valence-corrected chi connectivity index (χ1v) is 19.4. The summed E-state index contributed by atoms with van der Waals surface area (Å²) in [6.07, 6.45) is 11.2. The molecule has 0 bridgehead atoms. The molecule has 29 heavy (non-hydrogen) atoms. The molecule has 0 atom stereocenters. The topological polar surface area (TPSA) is 26.3 Å². The molecule has 164 valence electrons. The van der Waals surface area contributed by atoms with E-state index in [4.69, 9.17) is 4.74 Å². The van der Waals surface area contributed by atoms with Crippen molar-refractivity contribution in [1.29, 1.82) is 0 Å². The molecule has 1 rings (SSSR count). The van der Waals surface area contributed by atoms with Crippen LogP contribution >= 0.6 is 0 Å². The molecule has 1 aromatic rings. The minimum absolute atomic E-state index is 0.274. The second kappa shape index (κ2) is 15.1. The fourth-order valence-corrected chi connectivity index (χ4v) is 20.0. The van der Waals surface area contributed by atoms with Crippen LogP contribution in [0.2, 0.25) is 13.3 Å².